The van der Waals surface area contributed by atoms with Crippen LogP contribution in [-0.2, 0) is 4.79 Å². The van der Waals surface area contributed by atoms with Gasteiger partial charge in [-0.15, -0.1) is 0 Å². The van der Waals surface area contributed by atoms with E-state index in [0.29, 0.717) is 12.2 Å². The zero-order chi connectivity index (χ0) is 20.2. The number of halogens is 1. The zero-order valence-corrected chi connectivity index (χ0v) is 17.4. The van der Waals surface area contributed by atoms with Crippen LogP contribution in [0.25, 0.3) is 21.7 Å². The Morgan fingerprint density at radius 2 is 1.90 bits per heavy atom. The minimum Gasteiger partial charge on any atom is -0.479 e. The lowest BCUT2D eigenvalue weighted by molar-refractivity contribution is -0.128. The van der Waals surface area contributed by atoms with Gasteiger partial charge in [-0.1, -0.05) is 55.5 Å². The molecule has 6 heteroatoms. The highest BCUT2D eigenvalue weighted by Gasteiger charge is 2.19. The Hall–Kier alpha value is -3.12. The fraction of sp³-hybridized carbons (Fsp3) is 0.130. The standard InChI is InChI=1S/C23H20BrN3O2/c1-2-20(29-21-12-11-15-7-3-4-9-18(15)22(21)24)23(28)27-26-14-16-13-25-19-10-6-5-8-17(16)19/h3-14,20,25H,2H2,1H3,(H,27,28)/b26-14+. The van der Waals surface area contributed by atoms with Crippen LogP contribution in [-0.4, -0.2) is 23.2 Å². The summed E-state index contributed by atoms with van der Waals surface area (Å²) in [5.74, 6) is 0.343. The lowest BCUT2D eigenvalue weighted by Gasteiger charge is -2.17. The fourth-order valence-electron chi connectivity index (χ4n) is 3.22. The monoisotopic (exact) mass is 449 g/mol. The number of amides is 1. The Kier molecular flexibility index (Phi) is 5.62. The maximum atomic E-state index is 12.6. The van der Waals surface area contributed by atoms with Gasteiger partial charge in [0.2, 0.25) is 0 Å². The summed E-state index contributed by atoms with van der Waals surface area (Å²) in [6.07, 6.45) is 3.37. The molecule has 1 aromatic heterocycles. The molecular weight excluding hydrogens is 430 g/mol. The van der Waals surface area contributed by atoms with Crippen molar-refractivity contribution >= 4 is 49.7 Å². The third-order valence-corrected chi connectivity index (χ3v) is 5.58. The van der Waals surface area contributed by atoms with E-state index >= 15 is 0 Å². The molecule has 3 aromatic carbocycles. The first-order chi connectivity index (χ1) is 14.2. The highest BCUT2D eigenvalue weighted by Crippen LogP contribution is 2.33. The summed E-state index contributed by atoms with van der Waals surface area (Å²) in [7, 11) is 0. The number of hydrazone groups is 1. The fourth-order valence-corrected chi connectivity index (χ4v) is 3.81. The van der Waals surface area contributed by atoms with Crippen molar-refractivity contribution in [2.45, 2.75) is 19.4 Å². The average molecular weight is 450 g/mol. The van der Waals surface area contributed by atoms with E-state index in [-0.39, 0.29) is 5.91 Å². The highest BCUT2D eigenvalue weighted by molar-refractivity contribution is 9.10. The minimum atomic E-state index is -0.646. The summed E-state index contributed by atoms with van der Waals surface area (Å²) >= 11 is 3.60. The maximum Gasteiger partial charge on any atom is 0.281 e. The molecule has 5 nitrogen and oxygen atoms in total. The summed E-state index contributed by atoms with van der Waals surface area (Å²) in [6, 6.07) is 19.8. The smallest absolute Gasteiger partial charge is 0.281 e. The minimum absolute atomic E-state index is 0.288. The van der Waals surface area contributed by atoms with Crippen LogP contribution in [0.1, 0.15) is 18.9 Å². The quantitative estimate of drug-likeness (QED) is 0.306. The number of nitrogens with one attached hydrogen (secondary N) is 2. The van der Waals surface area contributed by atoms with E-state index in [4.69, 9.17) is 4.74 Å². The molecule has 1 heterocycles. The van der Waals surface area contributed by atoms with Crippen LogP contribution in [0.3, 0.4) is 0 Å². The molecule has 0 spiro atoms. The number of aromatic nitrogens is 1. The molecular formula is C23H20BrN3O2. The molecule has 0 saturated carbocycles. The van der Waals surface area contributed by atoms with Crippen molar-refractivity contribution in [3.05, 3.63) is 76.9 Å². The molecule has 4 rings (SSSR count). The molecule has 0 aliphatic heterocycles. The molecule has 4 aromatic rings. The normalized spacial score (nSPS) is 12.5. The Balaban J connectivity index is 1.46. The molecule has 0 saturated heterocycles. The summed E-state index contributed by atoms with van der Waals surface area (Å²) in [5.41, 5.74) is 4.52. The largest absolute Gasteiger partial charge is 0.479 e. The summed E-state index contributed by atoms with van der Waals surface area (Å²) < 4.78 is 6.82. The number of nitrogens with zero attached hydrogens (tertiary/aromatic N) is 1. The number of H-pyrrole nitrogens is 1. The molecule has 0 fully saturated rings. The third kappa shape index (κ3) is 4.03. The van der Waals surface area contributed by atoms with Crippen LogP contribution >= 0.6 is 15.9 Å². The molecule has 2 N–H and O–H groups in total. The predicted octanol–water partition coefficient (Wildman–Crippen LogP) is 5.39. The lowest BCUT2D eigenvalue weighted by atomic mass is 10.1. The van der Waals surface area contributed by atoms with Crippen LogP contribution in [0.5, 0.6) is 5.75 Å². The average Bonchev–Trinajstić information content (AvgIpc) is 3.16. The molecule has 0 radical (unpaired) electrons. The van der Waals surface area contributed by atoms with Crippen LogP contribution < -0.4 is 10.2 Å². The third-order valence-electron chi connectivity index (χ3n) is 4.76. The number of carbonyl (C=O) groups is 1. The van der Waals surface area contributed by atoms with E-state index in [1.54, 1.807) is 6.21 Å². The first kappa shape index (κ1) is 19.2. The van der Waals surface area contributed by atoms with Crippen molar-refractivity contribution in [1.29, 1.82) is 0 Å². The Labute approximate surface area is 176 Å². The van der Waals surface area contributed by atoms with E-state index < -0.39 is 6.10 Å². The van der Waals surface area contributed by atoms with Gasteiger partial charge in [-0.05, 0) is 45.3 Å². The van der Waals surface area contributed by atoms with Gasteiger partial charge in [0.1, 0.15) is 5.75 Å². The Morgan fingerprint density at radius 3 is 2.72 bits per heavy atom. The van der Waals surface area contributed by atoms with Gasteiger partial charge in [0.05, 0.1) is 10.7 Å². The first-order valence-electron chi connectivity index (χ1n) is 9.40. The summed E-state index contributed by atoms with van der Waals surface area (Å²) in [5, 5.41) is 7.30. The maximum absolute atomic E-state index is 12.6. The number of hydrogen-bond donors (Lipinski definition) is 2. The lowest BCUT2D eigenvalue weighted by Crippen LogP contribution is -2.35. The van der Waals surface area contributed by atoms with Crippen LogP contribution in [0.2, 0.25) is 0 Å². The summed E-state index contributed by atoms with van der Waals surface area (Å²) in [6.45, 7) is 1.91. The molecule has 0 bridgehead atoms. The van der Waals surface area contributed by atoms with Gasteiger partial charge in [0.25, 0.3) is 5.91 Å². The molecule has 0 aliphatic rings. The van der Waals surface area contributed by atoms with Gasteiger partial charge >= 0.3 is 0 Å². The van der Waals surface area contributed by atoms with Crippen molar-refractivity contribution in [3.8, 4) is 5.75 Å². The molecule has 29 heavy (non-hydrogen) atoms. The number of aromatic amines is 1. The summed E-state index contributed by atoms with van der Waals surface area (Å²) in [4.78, 5) is 15.8. The first-order valence-corrected chi connectivity index (χ1v) is 10.2. The Morgan fingerprint density at radius 1 is 1.14 bits per heavy atom. The molecule has 1 atom stereocenters. The van der Waals surface area contributed by atoms with Crippen LogP contribution in [0, 0.1) is 0 Å². The van der Waals surface area contributed by atoms with Gasteiger partial charge in [0.15, 0.2) is 6.10 Å². The van der Waals surface area contributed by atoms with Crippen molar-refractivity contribution < 1.29 is 9.53 Å². The second kappa shape index (κ2) is 8.49. The number of benzene rings is 3. The number of carbonyl (C=O) groups excluding carboxylic acids is 1. The second-order valence-electron chi connectivity index (χ2n) is 6.64. The number of hydrogen-bond acceptors (Lipinski definition) is 3. The van der Waals surface area contributed by atoms with Gasteiger partial charge in [0, 0.05) is 22.7 Å². The Bertz CT molecular complexity index is 1200. The van der Waals surface area contributed by atoms with E-state index in [1.807, 2.05) is 73.8 Å². The van der Waals surface area contributed by atoms with Crippen molar-refractivity contribution in [2.24, 2.45) is 5.10 Å². The predicted molar refractivity (Wildman–Crippen MR) is 120 cm³/mol. The number of para-hydroxylation sites is 1. The van der Waals surface area contributed by atoms with Gasteiger partial charge in [-0.3, -0.25) is 4.79 Å². The van der Waals surface area contributed by atoms with Crippen molar-refractivity contribution in [2.75, 3.05) is 0 Å². The van der Waals surface area contributed by atoms with Gasteiger partial charge < -0.3 is 9.72 Å². The SMILES string of the molecule is CCC(Oc1ccc2ccccc2c1Br)C(=O)N/N=C/c1c[nH]c2ccccc12. The number of ether oxygens (including phenoxy) is 1. The molecule has 1 unspecified atom stereocenters. The molecule has 146 valence electrons. The van der Waals surface area contributed by atoms with Gasteiger partial charge in [-0.2, -0.15) is 5.10 Å². The highest BCUT2D eigenvalue weighted by atomic mass is 79.9. The van der Waals surface area contributed by atoms with Crippen molar-refractivity contribution in [1.82, 2.24) is 10.4 Å². The van der Waals surface area contributed by atoms with Crippen molar-refractivity contribution in [3.63, 3.8) is 0 Å². The molecule has 1 amide bonds. The second-order valence-corrected chi connectivity index (χ2v) is 7.43. The molecule has 0 aliphatic carbocycles. The zero-order valence-electron chi connectivity index (χ0n) is 15.9. The van der Waals surface area contributed by atoms with Crippen LogP contribution in [0.15, 0.2) is 76.4 Å². The van der Waals surface area contributed by atoms with Gasteiger partial charge in [-0.25, -0.2) is 5.43 Å². The van der Waals surface area contributed by atoms with Crippen LogP contribution in [0.4, 0.5) is 0 Å². The van der Waals surface area contributed by atoms with E-state index in [9.17, 15) is 4.79 Å². The number of rotatable bonds is 6. The van der Waals surface area contributed by atoms with E-state index in [1.165, 1.54) is 0 Å². The van der Waals surface area contributed by atoms with E-state index in [2.05, 4.69) is 31.4 Å². The van der Waals surface area contributed by atoms with E-state index in [0.717, 1.165) is 31.7 Å². The number of fused-ring (bicyclic) bond motifs is 2. The topological polar surface area (TPSA) is 66.5 Å².